The maximum Gasteiger partial charge on any atom is 0.131 e. The van der Waals surface area contributed by atoms with Crippen LogP contribution in [-0.2, 0) is 12.2 Å². The molecule has 0 amide bonds. The number of hydrogen-bond acceptors (Lipinski definition) is 5. The smallest absolute Gasteiger partial charge is 0.131 e. The molecule has 2 aliphatic heterocycles. The number of aliphatic hydroxyl groups is 1. The average molecular weight is 490 g/mol. The largest absolute Gasteiger partial charge is 0.487 e. The molecule has 0 radical (unpaired) electrons. The van der Waals surface area contributed by atoms with Crippen molar-refractivity contribution in [3.8, 4) is 5.75 Å². The van der Waals surface area contributed by atoms with Gasteiger partial charge in [-0.3, -0.25) is 9.88 Å². The number of piperazine rings is 1. The molecule has 0 saturated carbocycles. The lowest BCUT2D eigenvalue weighted by Crippen LogP contribution is -2.46. The fraction of sp³-hybridized carbons (Fsp3) is 0.345. The molecule has 1 aromatic heterocycles. The summed E-state index contributed by atoms with van der Waals surface area (Å²) in [6.07, 6.45) is 5.06. The van der Waals surface area contributed by atoms with Gasteiger partial charge in [0.15, 0.2) is 0 Å². The van der Waals surface area contributed by atoms with E-state index in [0.717, 1.165) is 77.9 Å². The van der Waals surface area contributed by atoms with Crippen LogP contribution < -0.4 is 9.64 Å². The van der Waals surface area contributed by atoms with Gasteiger partial charge >= 0.3 is 0 Å². The second kappa shape index (κ2) is 10.0. The molecule has 0 aliphatic carbocycles. The van der Waals surface area contributed by atoms with Crippen LogP contribution in [0.5, 0.6) is 5.75 Å². The zero-order valence-corrected chi connectivity index (χ0v) is 21.1. The van der Waals surface area contributed by atoms with E-state index in [1.807, 2.05) is 50.4 Å². The lowest BCUT2D eigenvalue weighted by molar-refractivity contribution is 0.0785. The first kappa shape index (κ1) is 23.9. The summed E-state index contributed by atoms with van der Waals surface area (Å²) >= 11 is 6.04. The standard InChI is InChI=1S/C29H32ClN3O2/c1-29(2,34)21-7-12-28-26(19-21)24(25-5-3-13-31-27(25)20-35-28)6-4-14-32-15-17-33(18-16-32)23-10-8-22(30)9-11-23/h3,5-13,19,34H,4,14-18,20H2,1-2H3/b24-6+. The molecule has 1 saturated heterocycles. The van der Waals surface area contributed by atoms with Crippen LogP contribution in [0.2, 0.25) is 5.02 Å². The predicted octanol–water partition coefficient (Wildman–Crippen LogP) is 5.50. The van der Waals surface area contributed by atoms with Crippen LogP contribution in [0.25, 0.3) is 5.57 Å². The van der Waals surface area contributed by atoms with Crippen molar-refractivity contribution in [1.82, 2.24) is 9.88 Å². The normalized spacial score (nSPS) is 17.5. The van der Waals surface area contributed by atoms with Gasteiger partial charge in [-0.2, -0.15) is 0 Å². The van der Waals surface area contributed by atoms with Gasteiger partial charge in [-0.05, 0) is 73.9 Å². The van der Waals surface area contributed by atoms with Gasteiger partial charge in [0.25, 0.3) is 0 Å². The average Bonchev–Trinajstić information content (AvgIpc) is 3.01. The lowest BCUT2D eigenvalue weighted by Gasteiger charge is -2.36. The lowest BCUT2D eigenvalue weighted by atomic mass is 9.90. The third kappa shape index (κ3) is 5.37. The van der Waals surface area contributed by atoms with Gasteiger partial charge in [0.1, 0.15) is 12.4 Å². The van der Waals surface area contributed by atoms with E-state index >= 15 is 0 Å². The van der Waals surface area contributed by atoms with Crippen LogP contribution in [0, 0.1) is 0 Å². The molecule has 5 rings (SSSR count). The van der Waals surface area contributed by atoms with Gasteiger partial charge in [-0.15, -0.1) is 0 Å². The highest BCUT2D eigenvalue weighted by Crippen LogP contribution is 2.38. The van der Waals surface area contributed by atoms with Crippen LogP contribution in [-0.4, -0.2) is 47.7 Å². The molecule has 3 aromatic rings. The number of pyridine rings is 1. The quantitative estimate of drug-likeness (QED) is 0.513. The van der Waals surface area contributed by atoms with E-state index in [1.54, 1.807) is 0 Å². The minimum Gasteiger partial charge on any atom is -0.487 e. The molecule has 0 atom stereocenters. The highest BCUT2D eigenvalue weighted by molar-refractivity contribution is 6.30. The topological polar surface area (TPSA) is 48.8 Å². The Hall–Kier alpha value is -2.86. The summed E-state index contributed by atoms with van der Waals surface area (Å²) in [6.45, 7) is 9.15. The van der Waals surface area contributed by atoms with E-state index in [1.165, 1.54) is 5.69 Å². The van der Waals surface area contributed by atoms with Crippen molar-refractivity contribution in [2.45, 2.75) is 32.5 Å². The minimum absolute atomic E-state index is 0.440. The van der Waals surface area contributed by atoms with Crippen LogP contribution in [0.1, 0.15) is 42.7 Å². The van der Waals surface area contributed by atoms with Crippen molar-refractivity contribution < 1.29 is 9.84 Å². The SMILES string of the molecule is CC(C)(O)c1ccc2c(c1)/C(=C/CCN1CCN(c3ccc(Cl)cc3)CC1)c1cccnc1CO2. The fourth-order valence-corrected chi connectivity index (χ4v) is 4.96. The number of hydrogen-bond donors (Lipinski definition) is 1. The number of aromatic nitrogens is 1. The van der Waals surface area contributed by atoms with Gasteiger partial charge in [0.05, 0.1) is 11.3 Å². The van der Waals surface area contributed by atoms with E-state index in [2.05, 4.69) is 45.1 Å². The third-order valence-corrected chi connectivity index (χ3v) is 7.13. The first-order valence-electron chi connectivity index (χ1n) is 12.3. The molecular weight excluding hydrogens is 458 g/mol. The fourth-order valence-electron chi connectivity index (χ4n) is 4.83. The summed E-state index contributed by atoms with van der Waals surface area (Å²) in [7, 11) is 0. The van der Waals surface area contributed by atoms with E-state index in [-0.39, 0.29) is 0 Å². The Labute approximate surface area is 212 Å². The molecule has 2 aromatic carbocycles. The second-order valence-corrected chi connectivity index (χ2v) is 10.2. The second-order valence-electron chi connectivity index (χ2n) is 9.77. The molecule has 182 valence electrons. The van der Waals surface area contributed by atoms with Crippen molar-refractivity contribution >= 4 is 22.9 Å². The van der Waals surface area contributed by atoms with Crippen LogP contribution in [0.3, 0.4) is 0 Å². The number of halogens is 1. The van der Waals surface area contributed by atoms with E-state index in [0.29, 0.717) is 6.61 Å². The zero-order chi connectivity index (χ0) is 24.4. The minimum atomic E-state index is -0.923. The van der Waals surface area contributed by atoms with Crippen LogP contribution in [0.15, 0.2) is 66.9 Å². The number of anilines is 1. The van der Waals surface area contributed by atoms with Gasteiger partial charge in [-0.1, -0.05) is 29.8 Å². The Morgan fingerprint density at radius 2 is 1.80 bits per heavy atom. The molecule has 5 nitrogen and oxygen atoms in total. The molecule has 3 heterocycles. The van der Waals surface area contributed by atoms with E-state index in [9.17, 15) is 5.11 Å². The number of ether oxygens (including phenoxy) is 1. The number of fused-ring (bicyclic) bond motifs is 2. The van der Waals surface area contributed by atoms with Crippen LogP contribution in [0.4, 0.5) is 5.69 Å². The summed E-state index contributed by atoms with van der Waals surface area (Å²) in [6, 6.07) is 18.2. The Kier molecular flexibility index (Phi) is 6.83. The Bertz CT molecular complexity index is 1210. The van der Waals surface area contributed by atoms with Gasteiger partial charge in [0.2, 0.25) is 0 Å². The summed E-state index contributed by atoms with van der Waals surface area (Å²) in [4.78, 5) is 9.53. The monoisotopic (exact) mass is 489 g/mol. The Balaban J connectivity index is 1.33. The molecule has 0 spiro atoms. The Morgan fingerprint density at radius 1 is 1.03 bits per heavy atom. The maximum atomic E-state index is 10.6. The third-order valence-electron chi connectivity index (χ3n) is 6.88. The molecule has 0 unspecified atom stereocenters. The Morgan fingerprint density at radius 3 is 2.54 bits per heavy atom. The molecule has 1 N–H and O–H groups in total. The molecule has 35 heavy (non-hydrogen) atoms. The first-order valence-corrected chi connectivity index (χ1v) is 12.6. The van der Waals surface area contributed by atoms with Crippen molar-refractivity contribution in [2.75, 3.05) is 37.6 Å². The molecule has 2 aliphatic rings. The van der Waals surface area contributed by atoms with Gasteiger partial charge in [-0.25, -0.2) is 0 Å². The van der Waals surface area contributed by atoms with Crippen molar-refractivity contribution in [3.63, 3.8) is 0 Å². The summed E-state index contributed by atoms with van der Waals surface area (Å²) in [5, 5.41) is 11.4. The number of nitrogens with zero attached hydrogens (tertiary/aromatic N) is 3. The van der Waals surface area contributed by atoms with Crippen molar-refractivity contribution in [3.05, 3.63) is 94.3 Å². The molecule has 0 bridgehead atoms. The maximum absolute atomic E-state index is 10.6. The predicted molar refractivity (Wildman–Crippen MR) is 142 cm³/mol. The van der Waals surface area contributed by atoms with Crippen molar-refractivity contribution in [2.24, 2.45) is 0 Å². The molecule has 1 fully saturated rings. The van der Waals surface area contributed by atoms with E-state index < -0.39 is 5.60 Å². The summed E-state index contributed by atoms with van der Waals surface area (Å²) in [5.74, 6) is 0.832. The highest BCUT2D eigenvalue weighted by atomic mass is 35.5. The van der Waals surface area contributed by atoms with Gasteiger partial charge in [0, 0.05) is 60.8 Å². The number of rotatable bonds is 5. The number of benzene rings is 2. The molecular formula is C29H32ClN3O2. The summed E-state index contributed by atoms with van der Waals surface area (Å²) in [5.41, 5.74) is 5.38. The first-order chi connectivity index (χ1) is 16.9. The molecule has 6 heteroatoms. The van der Waals surface area contributed by atoms with Crippen LogP contribution >= 0.6 is 11.6 Å². The summed E-state index contributed by atoms with van der Waals surface area (Å²) < 4.78 is 6.12. The van der Waals surface area contributed by atoms with Gasteiger partial charge < -0.3 is 14.7 Å². The van der Waals surface area contributed by atoms with E-state index in [4.69, 9.17) is 16.3 Å². The zero-order valence-electron chi connectivity index (χ0n) is 20.4. The van der Waals surface area contributed by atoms with Crippen molar-refractivity contribution in [1.29, 1.82) is 0 Å². The highest BCUT2D eigenvalue weighted by Gasteiger charge is 2.24.